The second-order valence-electron chi connectivity index (χ2n) is 6.13. The molecule has 2 aromatic rings. The van der Waals surface area contributed by atoms with Gasteiger partial charge in [0, 0.05) is 18.3 Å². The van der Waals surface area contributed by atoms with Crippen molar-refractivity contribution in [3.05, 3.63) is 12.3 Å². The summed E-state index contributed by atoms with van der Waals surface area (Å²) in [4.78, 5) is 16.4. The van der Waals surface area contributed by atoms with E-state index < -0.39 is 0 Å². The molecule has 3 rings (SSSR count). The molecule has 0 aliphatic heterocycles. The molecule has 124 valence electrons. The van der Waals surface area contributed by atoms with Crippen LogP contribution >= 0.6 is 0 Å². The monoisotopic (exact) mass is 317 g/mol. The van der Waals surface area contributed by atoms with Crippen LogP contribution in [0.25, 0.3) is 10.9 Å². The first-order valence-corrected chi connectivity index (χ1v) is 8.13. The first kappa shape index (κ1) is 15.6. The van der Waals surface area contributed by atoms with Crippen molar-refractivity contribution in [2.45, 2.75) is 45.1 Å². The third kappa shape index (κ3) is 3.55. The highest BCUT2D eigenvalue weighted by Gasteiger charge is 2.21. The molecule has 1 atom stereocenters. The molecule has 0 unspecified atom stereocenters. The van der Waals surface area contributed by atoms with Gasteiger partial charge in [0.25, 0.3) is 0 Å². The van der Waals surface area contributed by atoms with Crippen molar-refractivity contribution >= 4 is 22.8 Å². The first-order valence-electron chi connectivity index (χ1n) is 8.13. The smallest absolute Gasteiger partial charge is 0.320 e. The van der Waals surface area contributed by atoms with E-state index in [1.165, 1.54) is 32.1 Å². The zero-order valence-corrected chi connectivity index (χ0v) is 13.6. The van der Waals surface area contributed by atoms with Crippen molar-refractivity contribution < 1.29 is 9.53 Å². The second-order valence-corrected chi connectivity index (χ2v) is 6.13. The molecule has 1 aliphatic rings. The number of hydrogen-bond donors (Lipinski definition) is 3. The van der Waals surface area contributed by atoms with Crippen LogP contribution in [0.15, 0.2) is 12.3 Å². The van der Waals surface area contributed by atoms with Gasteiger partial charge in [-0.05, 0) is 25.7 Å². The predicted molar refractivity (Wildman–Crippen MR) is 88.6 cm³/mol. The number of H-pyrrole nitrogens is 1. The van der Waals surface area contributed by atoms with Crippen LogP contribution in [0.3, 0.4) is 0 Å². The largest absolute Gasteiger partial charge is 0.479 e. The zero-order valence-electron chi connectivity index (χ0n) is 13.6. The van der Waals surface area contributed by atoms with Gasteiger partial charge in [0.15, 0.2) is 0 Å². The zero-order chi connectivity index (χ0) is 16.2. The van der Waals surface area contributed by atoms with Crippen LogP contribution in [-0.4, -0.2) is 34.4 Å². The number of carbonyl (C=O) groups is 1. The maximum atomic E-state index is 12.2. The minimum atomic E-state index is -0.221. The van der Waals surface area contributed by atoms with Gasteiger partial charge in [-0.3, -0.25) is 10.4 Å². The van der Waals surface area contributed by atoms with Crippen LogP contribution in [0.5, 0.6) is 5.88 Å². The van der Waals surface area contributed by atoms with Gasteiger partial charge in [-0.1, -0.05) is 19.3 Å². The molecule has 0 spiro atoms. The van der Waals surface area contributed by atoms with Crippen LogP contribution in [-0.2, 0) is 0 Å². The van der Waals surface area contributed by atoms with Crippen LogP contribution in [0, 0.1) is 5.92 Å². The van der Waals surface area contributed by atoms with Gasteiger partial charge in [0.1, 0.15) is 5.82 Å². The number of pyridine rings is 1. The summed E-state index contributed by atoms with van der Waals surface area (Å²) in [5, 5.41) is 13.5. The number of hydrogen-bond acceptors (Lipinski definition) is 4. The molecular weight excluding hydrogens is 294 g/mol. The van der Waals surface area contributed by atoms with Crippen molar-refractivity contribution in [1.29, 1.82) is 0 Å². The molecule has 7 nitrogen and oxygen atoms in total. The molecule has 1 fully saturated rings. The highest BCUT2D eigenvalue weighted by molar-refractivity contribution is 5.92. The Morgan fingerprint density at radius 1 is 1.39 bits per heavy atom. The fourth-order valence-electron chi connectivity index (χ4n) is 3.22. The number of ether oxygens (including phenoxy) is 1. The molecule has 2 heterocycles. The fourth-order valence-corrected chi connectivity index (χ4v) is 3.22. The average Bonchev–Trinajstić information content (AvgIpc) is 2.97. The Hall–Kier alpha value is -2.31. The topological polar surface area (TPSA) is 91.9 Å². The number of fused-ring (bicyclic) bond motifs is 1. The lowest BCUT2D eigenvalue weighted by Crippen LogP contribution is -2.41. The number of nitrogens with one attached hydrogen (secondary N) is 3. The Kier molecular flexibility index (Phi) is 4.64. The number of rotatable bonds is 4. The van der Waals surface area contributed by atoms with Gasteiger partial charge in [0.2, 0.25) is 5.88 Å². The van der Waals surface area contributed by atoms with Crippen LogP contribution in [0.2, 0.25) is 0 Å². The Bertz CT molecular complexity index is 678. The number of anilines is 1. The number of urea groups is 1. The molecule has 3 N–H and O–H groups in total. The van der Waals surface area contributed by atoms with E-state index in [0.717, 1.165) is 10.9 Å². The molecule has 0 bridgehead atoms. The summed E-state index contributed by atoms with van der Waals surface area (Å²) < 4.78 is 5.13. The number of carbonyl (C=O) groups excluding carboxylic acids is 1. The van der Waals surface area contributed by atoms with Gasteiger partial charge in [-0.15, -0.1) is 5.10 Å². The third-order valence-electron chi connectivity index (χ3n) is 4.56. The fraction of sp³-hybridized carbons (Fsp3) is 0.562. The standard InChI is InChI=1S/C16H23N5O2/c1-10(11-6-4-3-5-7-11)18-16(22)19-14-8-13-12(9-17-14)15(23-2)21-20-13/h8-11H,3-7H2,1-2H3,(H,20,21)(H2,17,18,19,22)/t10-/m1/s1. The lowest BCUT2D eigenvalue weighted by Gasteiger charge is -2.28. The molecule has 2 amide bonds. The SMILES string of the molecule is COc1n[nH]c2cc(NC(=O)N[C@H](C)C3CCCCC3)ncc12. The summed E-state index contributed by atoms with van der Waals surface area (Å²) in [7, 11) is 1.56. The molecule has 2 aromatic heterocycles. The van der Waals surface area contributed by atoms with Gasteiger partial charge in [0.05, 0.1) is 18.0 Å². The summed E-state index contributed by atoms with van der Waals surface area (Å²) >= 11 is 0. The molecule has 1 saturated carbocycles. The highest BCUT2D eigenvalue weighted by atomic mass is 16.5. The normalized spacial score (nSPS) is 17.0. The predicted octanol–water partition coefficient (Wildman–Crippen LogP) is 3.06. The van der Waals surface area contributed by atoms with E-state index in [9.17, 15) is 4.79 Å². The van der Waals surface area contributed by atoms with Crippen molar-refractivity contribution in [1.82, 2.24) is 20.5 Å². The molecule has 0 saturated heterocycles. The average molecular weight is 317 g/mol. The molecule has 1 aliphatic carbocycles. The number of nitrogens with zero attached hydrogens (tertiary/aromatic N) is 2. The van der Waals surface area contributed by atoms with Crippen molar-refractivity contribution in [2.24, 2.45) is 5.92 Å². The van der Waals surface area contributed by atoms with E-state index in [-0.39, 0.29) is 12.1 Å². The summed E-state index contributed by atoms with van der Waals surface area (Å²) in [5.74, 6) is 1.55. The highest BCUT2D eigenvalue weighted by Crippen LogP contribution is 2.26. The van der Waals surface area contributed by atoms with E-state index in [1.807, 2.05) is 0 Å². The second kappa shape index (κ2) is 6.85. The van der Waals surface area contributed by atoms with Crippen molar-refractivity contribution in [3.63, 3.8) is 0 Å². The van der Waals surface area contributed by atoms with E-state index >= 15 is 0 Å². The summed E-state index contributed by atoms with van der Waals surface area (Å²) in [6, 6.07) is 1.70. The molecule has 0 radical (unpaired) electrons. The quantitative estimate of drug-likeness (QED) is 0.808. The summed E-state index contributed by atoms with van der Waals surface area (Å²) in [6.45, 7) is 2.08. The van der Waals surface area contributed by atoms with E-state index in [4.69, 9.17) is 4.74 Å². The van der Waals surface area contributed by atoms with Crippen molar-refractivity contribution in [2.75, 3.05) is 12.4 Å². The molecule has 0 aromatic carbocycles. The molecular formula is C16H23N5O2. The number of aromatic amines is 1. The lowest BCUT2D eigenvalue weighted by molar-refractivity contribution is 0.235. The third-order valence-corrected chi connectivity index (χ3v) is 4.56. The Morgan fingerprint density at radius 3 is 2.91 bits per heavy atom. The Balaban J connectivity index is 1.60. The minimum absolute atomic E-state index is 0.172. The summed E-state index contributed by atoms with van der Waals surface area (Å²) in [6.07, 6.45) is 7.86. The Morgan fingerprint density at radius 2 is 2.17 bits per heavy atom. The first-order chi connectivity index (χ1) is 11.2. The van der Waals surface area contributed by atoms with Gasteiger partial charge >= 0.3 is 6.03 Å². The van der Waals surface area contributed by atoms with E-state index in [1.54, 1.807) is 19.4 Å². The number of methoxy groups -OCH3 is 1. The minimum Gasteiger partial charge on any atom is -0.479 e. The van der Waals surface area contributed by atoms with Crippen LogP contribution < -0.4 is 15.4 Å². The van der Waals surface area contributed by atoms with Crippen molar-refractivity contribution in [3.8, 4) is 5.88 Å². The van der Waals surface area contributed by atoms with Gasteiger partial charge < -0.3 is 10.1 Å². The van der Waals surface area contributed by atoms with Crippen LogP contribution in [0.4, 0.5) is 10.6 Å². The number of amides is 2. The molecule has 23 heavy (non-hydrogen) atoms. The maximum absolute atomic E-state index is 12.2. The molecule has 7 heteroatoms. The van der Waals surface area contributed by atoms with Gasteiger partial charge in [-0.25, -0.2) is 9.78 Å². The lowest BCUT2D eigenvalue weighted by atomic mass is 9.85. The summed E-state index contributed by atoms with van der Waals surface area (Å²) in [5.41, 5.74) is 0.771. The Labute approximate surface area is 135 Å². The number of aromatic nitrogens is 3. The van der Waals surface area contributed by atoms with Gasteiger partial charge in [-0.2, -0.15) is 0 Å². The van der Waals surface area contributed by atoms with E-state index in [2.05, 4.69) is 32.7 Å². The van der Waals surface area contributed by atoms with Crippen LogP contribution in [0.1, 0.15) is 39.0 Å². The maximum Gasteiger partial charge on any atom is 0.320 e. The van der Waals surface area contributed by atoms with E-state index in [0.29, 0.717) is 17.6 Å².